The van der Waals surface area contributed by atoms with Gasteiger partial charge in [0.15, 0.2) is 0 Å². The summed E-state index contributed by atoms with van der Waals surface area (Å²) in [5.41, 5.74) is 10.6. The Bertz CT molecular complexity index is 1120. The van der Waals surface area contributed by atoms with E-state index in [9.17, 15) is 0 Å². The molecule has 0 saturated heterocycles. The highest BCUT2D eigenvalue weighted by molar-refractivity contribution is 5.90. The first-order valence-corrected chi connectivity index (χ1v) is 9.55. The molecule has 0 radical (unpaired) electrons. The highest BCUT2D eigenvalue weighted by Crippen LogP contribution is 2.55. The van der Waals surface area contributed by atoms with Gasteiger partial charge in [-0.05, 0) is 52.8 Å². The van der Waals surface area contributed by atoms with E-state index in [1.54, 1.807) is 0 Å². The van der Waals surface area contributed by atoms with Gasteiger partial charge in [-0.25, -0.2) is 0 Å². The molecule has 0 nitrogen and oxygen atoms in total. The van der Waals surface area contributed by atoms with Gasteiger partial charge in [-0.1, -0.05) is 103 Å². The van der Waals surface area contributed by atoms with Crippen molar-refractivity contribution in [2.45, 2.75) is 19.3 Å². The van der Waals surface area contributed by atoms with E-state index in [0.717, 1.165) is 0 Å². The van der Waals surface area contributed by atoms with Gasteiger partial charge in [0.1, 0.15) is 0 Å². The van der Waals surface area contributed by atoms with E-state index < -0.39 is 0 Å². The lowest BCUT2D eigenvalue weighted by Gasteiger charge is -2.30. The first kappa shape index (κ1) is 16.1. The van der Waals surface area contributed by atoms with Crippen molar-refractivity contribution in [3.05, 3.63) is 119 Å². The van der Waals surface area contributed by atoms with Crippen molar-refractivity contribution in [3.63, 3.8) is 0 Å². The van der Waals surface area contributed by atoms with Crippen LogP contribution >= 0.6 is 0 Å². The van der Waals surface area contributed by atoms with Crippen LogP contribution in [0.3, 0.4) is 0 Å². The molecule has 0 bridgehead atoms. The van der Waals surface area contributed by atoms with E-state index in [1.165, 1.54) is 44.5 Å². The van der Waals surface area contributed by atoms with Crippen LogP contribution in [-0.2, 0) is 5.41 Å². The molecule has 0 heteroatoms. The van der Waals surface area contributed by atoms with Gasteiger partial charge < -0.3 is 0 Å². The summed E-state index contributed by atoms with van der Waals surface area (Å²) in [4.78, 5) is 0. The largest absolute Gasteiger partial charge is 0.0622 e. The van der Waals surface area contributed by atoms with Gasteiger partial charge in [-0.3, -0.25) is 0 Å². The van der Waals surface area contributed by atoms with Crippen LogP contribution in [0, 0.1) is 6.92 Å². The summed E-state index contributed by atoms with van der Waals surface area (Å²) in [6.45, 7) is 4.52. The second-order valence-corrected chi connectivity index (χ2v) is 7.63. The van der Waals surface area contributed by atoms with Crippen LogP contribution in [0.15, 0.2) is 97.1 Å². The lowest BCUT2D eigenvalue weighted by molar-refractivity contribution is 0.715. The molecule has 4 aromatic rings. The molecule has 1 unspecified atom stereocenters. The minimum Gasteiger partial charge on any atom is -0.0622 e. The minimum absolute atomic E-state index is 0.158. The lowest BCUT2D eigenvalue weighted by Crippen LogP contribution is -2.23. The molecule has 0 saturated carbocycles. The second kappa shape index (κ2) is 5.96. The summed E-state index contributed by atoms with van der Waals surface area (Å²) in [5, 5.41) is 0. The van der Waals surface area contributed by atoms with Gasteiger partial charge in [0.25, 0.3) is 0 Å². The lowest BCUT2D eigenvalue weighted by atomic mass is 9.72. The van der Waals surface area contributed by atoms with Crippen molar-refractivity contribution in [2.75, 3.05) is 0 Å². The van der Waals surface area contributed by atoms with Crippen LogP contribution in [0.5, 0.6) is 0 Å². The van der Waals surface area contributed by atoms with Gasteiger partial charge in [-0.15, -0.1) is 0 Å². The highest BCUT2D eigenvalue weighted by Gasteiger charge is 2.42. The monoisotopic (exact) mass is 346 g/mol. The summed E-state index contributed by atoms with van der Waals surface area (Å²) >= 11 is 0. The Morgan fingerprint density at radius 3 is 1.96 bits per heavy atom. The third kappa shape index (κ3) is 2.30. The zero-order valence-corrected chi connectivity index (χ0v) is 15.7. The Hall–Kier alpha value is -3.12. The quantitative estimate of drug-likeness (QED) is 0.367. The molecule has 27 heavy (non-hydrogen) atoms. The van der Waals surface area contributed by atoms with E-state index in [-0.39, 0.29) is 5.41 Å². The van der Waals surface area contributed by atoms with E-state index in [4.69, 9.17) is 0 Å². The molecule has 0 amide bonds. The first-order chi connectivity index (χ1) is 13.2. The van der Waals surface area contributed by atoms with Crippen LogP contribution in [0.4, 0.5) is 0 Å². The molecular weight excluding hydrogens is 324 g/mol. The second-order valence-electron chi connectivity index (χ2n) is 7.63. The van der Waals surface area contributed by atoms with Crippen LogP contribution in [0.1, 0.15) is 29.2 Å². The van der Waals surface area contributed by atoms with E-state index in [0.29, 0.717) is 0 Å². The summed E-state index contributed by atoms with van der Waals surface area (Å²) in [6, 6.07) is 35.4. The summed E-state index contributed by atoms with van der Waals surface area (Å²) in [5.74, 6) is 0. The highest BCUT2D eigenvalue weighted by atomic mass is 14.4. The van der Waals surface area contributed by atoms with Crippen molar-refractivity contribution >= 4 is 0 Å². The Balaban J connectivity index is 1.87. The molecule has 1 atom stereocenters. The summed E-state index contributed by atoms with van der Waals surface area (Å²) in [7, 11) is 0. The zero-order chi connectivity index (χ0) is 18.4. The molecule has 0 spiro atoms. The molecule has 4 aromatic carbocycles. The normalized spacial score (nSPS) is 17.4. The van der Waals surface area contributed by atoms with Gasteiger partial charge >= 0.3 is 0 Å². The average Bonchev–Trinajstić information content (AvgIpc) is 3.00. The number of hydrogen-bond donors (Lipinski definition) is 0. The fourth-order valence-corrected chi connectivity index (χ4v) is 4.65. The Morgan fingerprint density at radius 2 is 1.19 bits per heavy atom. The number of hydrogen-bond acceptors (Lipinski definition) is 0. The predicted molar refractivity (Wildman–Crippen MR) is 114 cm³/mol. The summed E-state index contributed by atoms with van der Waals surface area (Å²) < 4.78 is 0. The molecule has 130 valence electrons. The average molecular weight is 346 g/mol. The van der Waals surface area contributed by atoms with Crippen LogP contribution in [-0.4, -0.2) is 0 Å². The molecule has 0 heterocycles. The zero-order valence-electron chi connectivity index (χ0n) is 15.7. The van der Waals surface area contributed by atoms with Gasteiger partial charge in [0.2, 0.25) is 0 Å². The van der Waals surface area contributed by atoms with Gasteiger partial charge in [-0.2, -0.15) is 0 Å². The van der Waals surface area contributed by atoms with Crippen molar-refractivity contribution in [2.24, 2.45) is 0 Å². The fraction of sp³-hybridized carbons (Fsp3) is 0.111. The third-order valence-corrected chi connectivity index (χ3v) is 6.03. The maximum atomic E-state index is 2.38. The van der Waals surface area contributed by atoms with Crippen molar-refractivity contribution in [1.29, 1.82) is 0 Å². The topological polar surface area (TPSA) is 0 Å². The molecule has 0 aliphatic heterocycles. The van der Waals surface area contributed by atoms with Gasteiger partial charge in [0.05, 0.1) is 0 Å². The number of benzene rings is 4. The summed E-state index contributed by atoms with van der Waals surface area (Å²) in [6.07, 6.45) is 0. The Morgan fingerprint density at radius 1 is 0.556 bits per heavy atom. The van der Waals surface area contributed by atoms with Crippen molar-refractivity contribution in [3.8, 4) is 22.3 Å². The SMILES string of the molecule is Cc1ccc(-c2cccc3c2C(C)(c2ccccc2)c2ccccc2-3)cc1. The third-order valence-electron chi connectivity index (χ3n) is 6.03. The molecule has 0 fully saturated rings. The maximum Gasteiger partial charge on any atom is 0.0441 e. The molecule has 0 aromatic heterocycles. The van der Waals surface area contributed by atoms with Gasteiger partial charge in [0, 0.05) is 5.41 Å². The van der Waals surface area contributed by atoms with Crippen molar-refractivity contribution in [1.82, 2.24) is 0 Å². The minimum atomic E-state index is -0.158. The van der Waals surface area contributed by atoms with Crippen molar-refractivity contribution < 1.29 is 0 Å². The maximum absolute atomic E-state index is 2.38. The number of fused-ring (bicyclic) bond motifs is 3. The molecule has 5 rings (SSSR count). The fourth-order valence-electron chi connectivity index (χ4n) is 4.65. The standard InChI is InChI=1S/C27H22/c1-19-15-17-20(18-16-19)22-12-8-13-24-23-11-6-7-14-25(23)27(2,26(22)24)21-9-4-3-5-10-21/h3-18H,1-2H3. The molecular formula is C27H22. The smallest absolute Gasteiger partial charge is 0.0441 e. The number of rotatable bonds is 2. The van der Waals surface area contributed by atoms with Crippen LogP contribution in [0.2, 0.25) is 0 Å². The van der Waals surface area contributed by atoms with E-state index >= 15 is 0 Å². The van der Waals surface area contributed by atoms with Crippen LogP contribution < -0.4 is 0 Å². The molecule has 1 aliphatic carbocycles. The molecule has 0 N–H and O–H groups in total. The Kier molecular flexibility index (Phi) is 3.55. The Labute approximate surface area is 161 Å². The van der Waals surface area contributed by atoms with E-state index in [1.807, 2.05) is 0 Å². The first-order valence-electron chi connectivity index (χ1n) is 9.55. The van der Waals surface area contributed by atoms with E-state index in [2.05, 4.69) is 111 Å². The predicted octanol–water partition coefficient (Wildman–Crippen LogP) is 7.00. The van der Waals surface area contributed by atoms with Crippen LogP contribution in [0.25, 0.3) is 22.3 Å². The molecule has 1 aliphatic rings. The number of aryl methyl sites for hydroxylation is 1.